The molecule has 0 amide bonds. The lowest BCUT2D eigenvalue weighted by molar-refractivity contribution is -0.515. The van der Waals surface area contributed by atoms with Crippen LogP contribution in [0.3, 0.4) is 0 Å². The zero-order valence-corrected chi connectivity index (χ0v) is 3.92. The maximum absolute atomic E-state index is 9.83. The number of nitrogens with one attached hydrogen (secondary N) is 2. The largest absolute Gasteiger partial charge is 0.314 e. The van der Waals surface area contributed by atoms with Crippen molar-refractivity contribution in [3.8, 4) is 0 Å². The Kier molecular flexibility index (Phi) is 1.13. The van der Waals surface area contributed by atoms with E-state index in [1.54, 1.807) is 0 Å². The van der Waals surface area contributed by atoms with Crippen LogP contribution in [0.5, 0.6) is 0 Å². The molecular formula is C3H4N3O2. The molecule has 5 nitrogen and oxygen atoms in total. The van der Waals surface area contributed by atoms with E-state index in [4.69, 9.17) is 0 Å². The first-order valence-electron chi connectivity index (χ1n) is 2.03. The quantitative estimate of drug-likeness (QED) is 0.339. The number of nitro groups is 1. The van der Waals surface area contributed by atoms with Crippen molar-refractivity contribution in [1.82, 2.24) is 10.9 Å². The molecule has 5 heteroatoms. The summed E-state index contributed by atoms with van der Waals surface area (Å²) in [5.74, 6) is 0. The summed E-state index contributed by atoms with van der Waals surface area (Å²) in [6, 6.07) is 0. The van der Waals surface area contributed by atoms with Crippen molar-refractivity contribution in [2.45, 2.75) is 6.17 Å². The average molecular weight is 114 g/mol. The molecule has 43 valence electrons. The van der Waals surface area contributed by atoms with Gasteiger partial charge < -0.3 is 5.43 Å². The Labute approximate surface area is 45.5 Å². The van der Waals surface area contributed by atoms with Gasteiger partial charge in [-0.15, -0.1) is 0 Å². The highest BCUT2D eigenvalue weighted by Gasteiger charge is 2.17. The van der Waals surface area contributed by atoms with Crippen molar-refractivity contribution >= 4 is 0 Å². The summed E-state index contributed by atoms with van der Waals surface area (Å²) in [6.45, 7) is 0. The van der Waals surface area contributed by atoms with Crippen LogP contribution in [0.1, 0.15) is 0 Å². The molecule has 2 N–H and O–H groups in total. The average Bonchev–Trinajstić information content (AvgIpc) is 2.12. The van der Waals surface area contributed by atoms with Crippen LogP contribution in [0.2, 0.25) is 0 Å². The summed E-state index contributed by atoms with van der Waals surface area (Å²) in [5, 5.41) is 9.83. The van der Waals surface area contributed by atoms with Gasteiger partial charge in [0.05, 0.1) is 6.20 Å². The van der Waals surface area contributed by atoms with Gasteiger partial charge in [0.15, 0.2) is 0 Å². The van der Waals surface area contributed by atoms with Crippen molar-refractivity contribution in [2.24, 2.45) is 0 Å². The van der Waals surface area contributed by atoms with Crippen LogP contribution < -0.4 is 10.9 Å². The van der Waals surface area contributed by atoms with Crippen LogP contribution >= 0.6 is 0 Å². The molecule has 1 radical (unpaired) electrons. The molecule has 1 atom stereocenters. The van der Waals surface area contributed by atoms with Crippen LogP contribution in [-0.4, -0.2) is 11.1 Å². The fourth-order valence-corrected chi connectivity index (χ4v) is 0.391. The van der Waals surface area contributed by atoms with Crippen molar-refractivity contribution in [1.29, 1.82) is 0 Å². The number of hydrogen-bond donors (Lipinski definition) is 2. The van der Waals surface area contributed by atoms with E-state index in [2.05, 4.69) is 17.1 Å². The van der Waals surface area contributed by atoms with E-state index in [9.17, 15) is 10.1 Å². The lowest BCUT2D eigenvalue weighted by Gasteiger charge is -1.96. The second-order valence-electron chi connectivity index (χ2n) is 1.31. The van der Waals surface area contributed by atoms with Gasteiger partial charge in [0.1, 0.15) is 0 Å². The predicted molar refractivity (Wildman–Crippen MR) is 24.9 cm³/mol. The number of rotatable bonds is 1. The van der Waals surface area contributed by atoms with E-state index < -0.39 is 11.1 Å². The zero-order valence-electron chi connectivity index (χ0n) is 3.92. The SMILES string of the molecule is O=[N+]([O-])C1C=[C]NN1. The van der Waals surface area contributed by atoms with Crippen molar-refractivity contribution in [3.63, 3.8) is 0 Å². The molecule has 1 aliphatic heterocycles. The van der Waals surface area contributed by atoms with Gasteiger partial charge in [-0.2, -0.15) is 5.43 Å². The minimum atomic E-state index is -0.810. The predicted octanol–water partition coefficient (Wildman–Crippen LogP) is -0.986. The van der Waals surface area contributed by atoms with Gasteiger partial charge in [0.2, 0.25) is 0 Å². The number of hydrazine groups is 1. The Morgan fingerprint density at radius 2 is 2.62 bits per heavy atom. The lowest BCUT2D eigenvalue weighted by atomic mass is 10.5. The Morgan fingerprint density at radius 1 is 1.88 bits per heavy atom. The molecule has 1 aliphatic rings. The van der Waals surface area contributed by atoms with Crippen LogP contribution in [0.25, 0.3) is 0 Å². The Hall–Kier alpha value is -1.10. The van der Waals surface area contributed by atoms with E-state index in [1.165, 1.54) is 6.08 Å². The number of hydrogen-bond acceptors (Lipinski definition) is 4. The van der Waals surface area contributed by atoms with E-state index in [-0.39, 0.29) is 0 Å². The summed E-state index contributed by atoms with van der Waals surface area (Å²) in [6.07, 6.45) is 2.92. The molecule has 0 aromatic rings. The first kappa shape index (κ1) is 5.04. The number of nitrogens with zero attached hydrogens (tertiary/aromatic N) is 1. The van der Waals surface area contributed by atoms with E-state index in [1.807, 2.05) is 0 Å². The highest BCUT2D eigenvalue weighted by atomic mass is 16.6. The topological polar surface area (TPSA) is 67.2 Å². The molecule has 8 heavy (non-hydrogen) atoms. The van der Waals surface area contributed by atoms with Crippen LogP contribution in [0, 0.1) is 16.3 Å². The highest BCUT2D eigenvalue weighted by molar-refractivity contribution is 4.84. The Morgan fingerprint density at radius 3 is 2.88 bits per heavy atom. The zero-order chi connectivity index (χ0) is 5.98. The minimum Gasteiger partial charge on any atom is -0.314 e. The van der Waals surface area contributed by atoms with Crippen LogP contribution in [0.15, 0.2) is 6.08 Å². The smallest absolute Gasteiger partial charge is 0.303 e. The maximum Gasteiger partial charge on any atom is 0.303 e. The van der Waals surface area contributed by atoms with Gasteiger partial charge in [-0.05, 0) is 0 Å². The first-order valence-corrected chi connectivity index (χ1v) is 2.03. The van der Waals surface area contributed by atoms with Crippen molar-refractivity contribution in [2.75, 3.05) is 0 Å². The van der Waals surface area contributed by atoms with Gasteiger partial charge in [0, 0.05) is 11.0 Å². The molecule has 0 fully saturated rings. The maximum atomic E-state index is 9.83. The van der Waals surface area contributed by atoms with Gasteiger partial charge in [-0.25, -0.2) is 0 Å². The van der Waals surface area contributed by atoms with Crippen molar-refractivity contribution in [3.05, 3.63) is 22.4 Å². The minimum absolute atomic E-state index is 0.451. The van der Waals surface area contributed by atoms with Gasteiger partial charge in [-0.3, -0.25) is 10.1 Å². The summed E-state index contributed by atoms with van der Waals surface area (Å²) in [5.41, 5.74) is 4.70. The molecule has 1 unspecified atom stereocenters. The normalized spacial score (nSPS) is 25.2. The molecule has 0 aromatic carbocycles. The second-order valence-corrected chi connectivity index (χ2v) is 1.31. The van der Waals surface area contributed by atoms with Crippen molar-refractivity contribution < 1.29 is 4.92 Å². The standard InChI is InChI=1S/C3H4N3O2/c7-6(8)3-1-2-4-5-3/h1,3-5H. The molecule has 1 heterocycles. The molecule has 0 bridgehead atoms. The van der Waals surface area contributed by atoms with E-state index >= 15 is 0 Å². The summed E-state index contributed by atoms with van der Waals surface area (Å²) in [4.78, 5) is 9.38. The molecular weight excluding hydrogens is 110 g/mol. The summed E-state index contributed by atoms with van der Waals surface area (Å²) >= 11 is 0. The lowest BCUT2D eigenvalue weighted by Crippen LogP contribution is -2.36. The molecule has 0 spiro atoms. The Bertz CT molecular complexity index is 132. The monoisotopic (exact) mass is 114 g/mol. The third kappa shape index (κ3) is 0.760. The highest BCUT2D eigenvalue weighted by Crippen LogP contribution is 1.88. The van der Waals surface area contributed by atoms with E-state index in [0.29, 0.717) is 0 Å². The van der Waals surface area contributed by atoms with Gasteiger partial charge in [-0.1, -0.05) is 0 Å². The van der Waals surface area contributed by atoms with Gasteiger partial charge >= 0.3 is 6.17 Å². The van der Waals surface area contributed by atoms with Gasteiger partial charge in [0.25, 0.3) is 0 Å². The van der Waals surface area contributed by atoms with Crippen LogP contribution in [-0.2, 0) is 0 Å². The molecule has 1 rings (SSSR count). The third-order valence-corrected chi connectivity index (χ3v) is 0.761. The van der Waals surface area contributed by atoms with Crippen LogP contribution in [0.4, 0.5) is 0 Å². The molecule has 0 aliphatic carbocycles. The first-order chi connectivity index (χ1) is 3.80. The third-order valence-electron chi connectivity index (χ3n) is 0.761. The Balaban J connectivity index is 2.48. The summed E-state index contributed by atoms with van der Waals surface area (Å²) in [7, 11) is 0. The summed E-state index contributed by atoms with van der Waals surface area (Å²) < 4.78 is 0. The fraction of sp³-hybridized carbons (Fsp3) is 0.333. The molecule has 0 saturated carbocycles. The van der Waals surface area contributed by atoms with E-state index in [0.717, 1.165) is 0 Å². The second kappa shape index (κ2) is 1.79. The molecule has 0 aromatic heterocycles. The molecule has 0 saturated heterocycles. The fourth-order valence-electron chi connectivity index (χ4n) is 0.391.